The van der Waals surface area contributed by atoms with E-state index >= 15 is 0 Å². The summed E-state index contributed by atoms with van der Waals surface area (Å²) in [5.41, 5.74) is 7.58. The van der Waals surface area contributed by atoms with E-state index in [1.165, 1.54) is 6.07 Å². The van der Waals surface area contributed by atoms with E-state index in [-0.39, 0.29) is 16.3 Å². The standard InChI is InChI=1S/C13H13BrN2O2S/c1-9-4-10(7-16-6-9)8-19(17,18)13-5-11(14)2-3-12(13)15/h2-7H,8,15H2,1H3. The third-order valence-electron chi connectivity index (χ3n) is 2.60. The molecule has 0 aliphatic carbocycles. The molecule has 2 rings (SSSR count). The molecule has 4 nitrogen and oxygen atoms in total. The van der Waals surface area contributed by atoms with E-state index in [0.29, 0.717) is 10.0 Å². The normalized spacial score (nSPS) is 11.5. The number of nitrogens with zero attached hydrogens (tertiary/aromatic N) is 1. The van der Waals surface area contributed by atoms with Gasteiger partial charge in [-0.2, -0.15) is 0 Å². The van der Waals surface area contributed by atoms with Gasteiger partial charge in [0.05, 0.1) is 16.3 Å². The van der Waals surface area contributed by atoms with Gasteiger partial charge in [-0.25, -0.2) is 8.42 Å². The Balaban J connectivity index is 2.40. The summed E-state index contributed by atoms with van der Waals surface area (Å²) in [6, 6.07) is 6.61. The number of nitrogens with two attached hydrogens (primary N) is 1. The molecule has 1 aromatic heterocycles. The molecule has 0 fully saturated rings. The van der Waals surface area contributed by atoms with Crippen molar-refractivity contribution in [3.63, 3.8) is 0 Å². The molecule has 2 aromatic rings. The predicted octanol–water partition coefficient (Wildman–Crippen LogP) is 2.71. The van der Waals surface area contributed by atoms with Crippen LogP contribution in [-0.4, -0.2) is 13.4 Å². The molecule has 19 heavy (non-hydrogen) atoms. The van der Waals surface area contributed by atoms with Crippen molar-refractivity contribution >= 4 is 31.5 Å². The van der Waals surface area contributed by atoms with Crippen LogP contribution in [0.4, 0.5) is 5.69 Å². The number of aromatic nitrogens is 1. The van der Waals surface area contributed by atoms with Crippen molar-refractivity contribution in [3.8, 4) is 0 Å². The minimum atomic E-state index is -3.48. The number of aryl methyl sites for hydroxylation is 1. The largest absolute Gasteiger partial charge is 0.398 e. The first-order valence-electron chi connectivity index (χ1n) is 5.57. The van der Waals surface area contributed by atoms with E-state index in [9.17, 15) is 8.42 Å². The van der Waals surface area contributed by atoms with Crippen molar-refractivity contribution in [2.75, 3.05) is 5.73 Å². The van der Waals surface area contributed by atoms with Gasteiger partial charge in [0, 0.05) is 16.9 Å². The molecule has 0 radical (unpaired) electrons. The number of rotatable bonds is 3. The van der Waals surface area contributed by atoms with Crippen LogP contribution in [0.15, 0.2) is 46.0 Å². The number of benzene rings is 1. The molecule has 1 heterocycles. The van der Waals surface area contributed by atoms with Gasteiger partial charge in [0.15, 0.2) is 9.84 Å². The van der Waals surface area contributed by atoms with E-state index in [4.69, 9.17) is 5.73 Å². The molecule has 0 aliphatic rings. The van der Waals surface area contributed by atoms with Gasteiger partial charge in [-0.05, 0) is 36.2 Å². The smallest absolute Gasteiger partial charge is 0.184 e. The highest BCUT2D eigenvalue weighted by molar-refractivity contribution is 9.10. The van der Waals surface area contributed by atoms with E-state index in [1.807, 2.05) is 6.92 Å². The van der Waals surface area contributed by atoms with Gasteiger partial charge in [-0.1, -0.05) is 22.0 Å². The topological polar surface area (TPSA) is 73.0 Å². The fourth-order valence-corrected chi connectivity index (χ4v) is 3.77. The lowest BCUT2D eigenvalue weighted by atomic mass is 10.2. The molecule has 0 amide bonds. The van der Waals surface area contributed by atoms with Crippen LogP contribution in [0.25, 0.3) is 0 Å². The summed E-state index contributed by atoms with van der Waals surface area (Å²) in [7, 11) is -3.48. The Kier molecular flexibility index (Phi) is 3.91. The van der Waals surface area contributed by atoms with Crippen LogP contribution in [0.3, 0.4) is 0 Å². The molecule has 0 unspecified atom stereocenters. The fraction of sp³-hybridized carbons (Fsp3) is 0.154. The van der Waals surface area contributed by atoms with Gasteiger partial charge in [0.2, 0.25) is 0 Å². The summed E-state index contributed by atoms with van der Waals surface area (Å²) in [4.78, 5) is 4.14. The summed E-state index contributed by atoms with van der Waals surface area (Å²) in [6.45, 7) is 1.87. The van der Waals surface area contributed by atoms with Gasteiger partial charge in [0.25, 0.3) is 0 Å². The third-order valence-corrected chi connectivity index (χ3v) is 4.83. The van der Waals surface area contributed by atoms with E-state index in [2.05, 4.69) is 20.9 Å². The maximum atomic E-state index is 12.4. The molecule has 100 valence electrons. The SMILES string of the molecule is Cc1cncc(CS(=O)(=O)c2cc(Br)ccc2N)c1. The van der Waals surface area contributed by atoms with Crippen LogP contribution in [-0.2, 0) is 15.6 Å². The second-order valence-corrected chi connectivity index (χ2v) is 7.19. The number of nitrogen functional groups attached to an aromatic ring is 1. The Hall–Kier alpha value is -1.40. The summed E-state index contributed by atoms with van der Waals surface area (Å²) < 4.78 is 25.4. The zero-order valence-corrected chi connectivity index (χ0v) is 12.7. The van der Waals surface area contributed by atoms with Crippen molar-refractivity contribution < 1.29 is 8.42 Å². The number of hydrogen-bond donors (Lipinski definition) is 1. The number of pyridine rings is 1. The molecular weight excluding hydrogens is 328 g/mol. The lowest BCUT2D eigenvalue weighted by Gasteiger charge is -2.08. The average Bonchev–Trinajstić information content (AvgIpc) is 2.31. The van der Waals surface area contributed by atoms with Gasteiger partial charge in [-0.3, -0.25) is 4.98 Å². The van der Waals surface area contributed by atoms with Crippen molar-refractivity contribution in [1.82, 2.24) is 4.98 Å². The molecule has 0 aliphatic heterocycles. The van der Waals surface area contributed by atoms with Crippen LogP contribution < -0.4 is 5.73 Å². The minimum absolute atomic E-state index is 0.109. The van der Waals surface area contributed by atoms with E-state index < -0.39 is 9.84 Å². The molecule has 0 atom stereocenters. The first kappa shape index (κ1) is 14.0. The second-order valence-electron chi connectivity index (χ2n) is 4.31. The van der Waals surface area contributed by atoms with Crippen molar-refractivity contribution in [1.29, 1.82) is 0 Å². The quantitative estimate of drug-likeness (QED) is 0.872. The van der Waals surface area contributed by atoms with Crippen molar-refractivity contribution in [2.24, 2.45) is 0 Å². The summed E-state index contributed by atoms with van der Waals surface area (Å²) >= 11 is 3.25. The van der Waals surface area contributed by atoms with Gasteiger partial charge in [-0.15, -0.1) is 0 Å². The average molecular weight is 341 g/mol. The number of hydrogen-bond acceptors (Lipinski definition) is 4. The second kappa shape index (κ2) is 5.30. The van der Waals surface area contributed by atoms with Crippen LogP contribution in [0.5, 0.6) is 0 Å². The molecule has 1 aromatic carbocycles. The van der Waals surface area contributed by atoms with Crippen LogP contribution in [0.1, 0.15) is 11.1 Å². The zero-order chi connectivity index (χ0) is 14.0. The Morgan fingerprint density at radius 2 is 2.00 bits per heavy atom. The summed E-state index contributed by atoms with van der Waals surface area (Å²) in [5, 5.41) is 0. The van der Waals surface area contributed by atoms with Crippen molar-refractivity contribution in [3.05, 3.63) is 52.3 Å². The molecule has 2 N–H and O–H groups in total. The Labute approximate surface area is 120 Å². The molecule has 0 saturated carbocycles. The van der Waals surface area contributed by atoms with Crippen LogP contribution in [0, 0.1) is 6.92 Å². The predicted molar refractivity (Wildman–Crippen MR) is 78.4 cm³/mol. The zero-order valence-electron chi connectivity index (χ0n) is 10.3. The number of anilines is 1. The highest BCUT2D eigenvalue weighted by Crippen LogP contribution is 2.26. The molecule has 6 heteroatoms. The summed E-state index contributed by atoms with van der Waals surface area (Å²) in [6.07, 6.45) is 3.24. The molecular formula is C13H13BrN2O2S. The highest BCUT2D eigenvalue weighted by Gasteiger charge is 2.19. The Morgan fingerprint density at radius 1 is 1.26 bits per heavy atom. The molecule has 0 spiro atoms. The van der Waals surface area contributed by atoms with Crippen molar-refractivity contribution in [2.45, 2.75) is 17.6 Å². The monoisotopic (exact) mass is 340 g/mol. The highest BCUT2D eigenvalue weighted by atomic mass is 79.9. The Bertz CT molecular complexity index is 714. The first-order valence-corrected chi connectivity index (χ1v) is 8.01. The molecule has 0 bridgehead atoms. The summed E-state index contributed by atoms with van der Waals surface area (Å²) in [5.74, 6) is -0.109. The maximum absolute atomic E-state index is 12.4. The van der Waals surface area contributed by atoms with Gasteiger partial charge in [0.1, 0.15) is 0 Å². The van der Waals surface area contributed by atoms with Gasteiger partial charge < -0.3 is 5.73 Å². The number of halogens is 1. The Morgan fingerprint density at radius 3 is 2.68 bits per heavy atom. The van der Waals surface area contributed by atoms with E-state index in [1.54, 1.807) is 30.6 Å². The van der Waals surface area contributed by atoms with Crippen LogP contribution >= 0.6 is 15.9 Å². The van der Waals surface area contributed by atoms with Gasteiger partial charge >= 0.3 is 0 Å². The lowest BCUT2D eigenvalue weighted by molar-refractivity contribution is 0.595. The van der Waals surface area contributed by atoms with E-state index in [0.717, 1.165) is 5.56 Å². The maximum Gasteiger partial charge on any atom is 0.184 e. The van der Waals surface area contributed by atoms with Crippen LogP contribution in [0.2, 0.25) is 0 Å². The first-order chi connectivity index (χ1) is 8.88. The third kappa shape index (κ3) is 3.33. The minimum Gasteiger partial charge on any atom is -0.398 e. The fourth-order valence-electron chi connectivity index (χ4n) is 1.77. The number of sulfone groups is 1. The molecule has 0 saturated heterocycles. The lowest BCUT2D eigenvalue weighted by Crippen LogP contribution is -2.08.